The molecule has 0 aromatic heterocycles. The number of amides is 4. The van der Waals surface area contributed by atoms with Crippen LogP contribution in [-0.2, 0) is 25.3 Å². The minimum Gasteiger partial charge on any atom is -0.452 e. The number of rotatable bonds is 6. The van der Waals surface area contributed by atoms with Crippen LogP contribution in [0, 0.1) is 0 Å². The summed E-state index contributed by atoms with van der Waals surface area (Å²) in [5, 5.41) is 4.64. The van der Waals surface area contributed by atoms with E-state index in [2.05, 4.69) is 10.6 Å². The number of hydrogen-bond acceptors (Lipinski definition) is 5. The predicted octanol–water partition coefficient (Wildman–Crippen LogP) is 3.87. The lowest BCUT2D eigenvalue weighted by Crippen LogP contribution is -2.48. The standard InChI is InChI=1S/C21H23ClF3N3O5/c1-12(17(30)26-15-6-5-13(22)11-14(15)21(23,24)25)33-16(29)7-10-28-18(31)20(27-19(28)32)8-3-2-4-9-20/h5-6,11-12H,2-4,7-10H2,1H3,(H,26,30)(H,27,32). The second kappa shape index (κ2) is 9.58. The van der Waals surface area contributed by atoms with Gasteiger partial charge in [0.25, 0.3) is 11.8 Å². The van der Waals surface area contributed by atoms with E-state index in [1.807, 2.05) is 0 Å². The van der Waals surface area contributed by atoms with Crippen LogP contribution in [0.3, 0.4) is 0 Å². The summed E-state index contributed by atoms with van der Waals surface area (Å²) in [6, 6.07) is 2.27. The summed E-state index contributed by atoms with van der Waals surface area (Å²) >= 11 is 5.61. The fourth-order valence-corrected chi connectivity index (χ4v) is 4.15. The van der Waals surface area contributed by atoms with E-state index in [1.54, 1.807) is 0 Å². The summed E-state index contributed by atoms with van der Waals surface area (Å²) in [6.07, 6.45) is -2.83. The van der Waals surface area contributed by atoms with E-state index in [-0.39, 0.29) is 23.9 Å². The maximum atomic E-state index is 13.2. The maximum Gasteiger partial charge on any atom is 0.418 e. The molecule has 12 heteroatoms. The Labute approximate surface area is 192 Å². The van der Waals surface area contributed by atoms with Gasteiger partial charge in [-0.15, -0.1) is 0 Å². The van der Waals surface area contributed by atoms with Crippen molar-refractivity contribution in [2.75, 3.05) is 11.9 Å². The number of anilines is 1. The molecule has 1 heterocycles. The molecule has 1 saturated carbocycles. The van der Waals surface area contributed by atoms with Gasteiger partial charge in [-0.1, -0.05) is 30.9 Å². The lowest BCUT2D eigenvalue weighted by Gasteiger charge is -2.30. The van der Waals surface area contributed by atoms with Crippen molar-refractivity contribution in [3.05, 3.63) is 28.8 Å². The molecule has 2 N–H and O–H groups in total. The maximum absolute atomic E-state index is 13.2. The lowest BCUT2D eigenvalue weighted by atomic mass is 9.82. The number of imide groups is 1. The second-order valence-electron chi connectivity index (χ2n) is 8.09. The van der Waals surface area contributed by atoms with E-state index in [4.69, 9.17) is 16.3 Å². The van der Waals surface area contributed by atoms with Crippen LogP contribution in [0.5, 0.6) is 0 Å². The number of urea groups is 1. The highest BCUT2D eigenvalue weighted by atomic mass is 35.5. The van der Waals surface area contributed by atoms with Crippen molar-refractivity contribution in [2.24, 2.45) is 0 Å². The van der Waals surface area contributed by atoms with Gasteiger partial charge in [0.1, 0.15) is 5.54 Å². The summed E-state index contributed by atoms with van der Waals surface area (Å²) < 4.78 is 44.5. The largest absolute Gasteiger partial charge is 0.452 e. The number of hydrogen-bond donors (Lipinski definition) is 2. The molecule has 2 aliphatic rings. The lowest BCUT2D eigenvalue weighted by molar-refractivity contribution is -0.153. The number of ether oxygens (including phenoxy) is 1. The molecule has 1 saturated heterocycles. The third-order valence-electron chi connectivity index (χ3n) is 5.71. The zero-order chi connectivity index (χ0) is 24.4. The molecule has 4 amide bonds. The first-order valence-corrected chi connectivity index (χ1v) is 10.8. The molecule has 1 aliphatic carbocycles. The van der Waals surface area contributed by atoms with Crippen LogP contribution in [0.2, 0.25) is 5.02 Å². The zero-order valence-corrected chi connectivity index (χ0v) is 18.5. The average molecular weight is 490 g/mol. The van der Waals surface area contributed by atoms with Crippen molar-refractivity contribution in [2.45, 2.75) is 63.3 Å². The SMILES string of the molecule is CC(OC(=O)CCN1C(=O)NC2(CCCCC2)C1=O)C(=O)Nc1ccc(Cl)cc1C(F)(F)F. The van der Waals surface area contributed by atoms with Gasteiger partial charge in [0.2, 0.25) is 0 Å². The molecule has 0 bridgehead atoms. The molecule has 3 rings (SSSR count). The zero-order valence-electron chi connectivity index (χ0n) is 17.8. The van der Waals surface area contributed by atoms with Crippen LogP contribution >= 0.6 is 11.6 Å². The Bertz CT molecular complexity index is 963. The third-order valence-corrected chi connectivity index (χ3v) is 5.95. The van der Waals surface area contributed by atoms with Crippen molar-refractivity contribution in [1.29, 1.82) is 0 Å². The third kappa shape index (κ3) is 5.58. The summed E-state index contributed by atoms with van der Waals surface area (Å²) in [4.78, 5) is 50.3. The quantitative estimate of drug-likeness (QED) is 0.466. The Hall–Kier alpha value is -2.82. The Morgan fingerprint density at radius 1 is 1.24 bits per heavy atom. The summed E-state index contributed by atoms with van der Waals surface area (Å²) in [5.41, 5.74) is -2.59. The van der Waals surface area contributed by atoms with Gasteiger partial charge in [-0.05, 0) is 38.0 Å². The number of halogens is 4. The minimum atomic E-state index is -4.76. The topological polar surface area (TPSA) is 105 Å². The van der Waals surface area contributed by atoms with E-state index in [1.165, 1.54) is 13.0 Å². The van der Waals surface area contributed by atoms with E-state index in [0.29, 0.717) is 18.9 Å². The first-order valence-electron chi connectivity index (χ1n) is 10.4. The molecule has 8 nitrogen and oxygen atoms in total. The molecule has 1 unspecified atom stereocenters. The highest BCUT2D eigenvalue weighted by molar-refractivity contribution is 6.30. The number of benzene rings is 1. The van der Waals surface area contributed by atoms with Crippen LogP contribution < -0.4 is 10.6 Å². The number of nitrogens with one attached hydrogen (secondary N) is 2. The van der Waals surface area contributed by atoms with E-state index < -0.39 is 47.0 Å². The minimum absolute atomic E-state index is 0.157. The molecule has 33 heavy (non-hydrogen) atoms. The van der Waals surface area contributed by atoms with Gasteiger partial charge in [-0.3, -0.25) is 19.3 Å². The van der Waals surface area contributed by atoms with Crippen molar-refractivity contribution < 1.29 is 37.1 Å². The molecule has 1 spiro atoms. The van der Waals surface area contributed by atoms with Crippen LogP contribution in [0.25, 0.3) is 0 Å². The first kappa shape index (κ1) is 24.8. The van der Waals surface area contributed by atoms with Crippen LogP contribution in [-0.4, -0.2) is 46.9 Å². The van der Waals surface area contributed by atoms with Crippen molar-refractivity contribution in [1.82, 2.24) is 10.2 Å². The Morgan fingerprint density at radius 3 is 2.55 bits per heavy atom. The molecule has 1 atom stereocenters. The molecule has 1 aromatic carbocycles. The molecule has 0 radical (unpaired) electrons. The van der Waals surface area contributed by atoms with E-state index in [9.17, 15) is 32.3 Å². The normalized spacial score (nSPS) is 18.8. The number of alkyl halides is 3. The molecule has 180 valence electrons. The summed E-state index contributed by atoms with van der Waals surface area (Å²) in [7, 11) is 0. The van der Waals surface area contributed by atoms with E-state index >= 15 is 0 Å². The van der Waals surface area contributed by atoms with Crippen LogP contribution in [0.15, 0.2) is 18.2 Å². The van der Waals surface area contributed by atoms with Crippen molar-refractivity contribution >= 4 is 41.1 Å². The highest BCUT2D eigenvalue weighted by Gasteiger charge is 2.51. The summed E-state index contributed by atoms with van der Waals surface area (Å²) in [6.45, 7) is 0.968. The molecular formula is C21H23ClF3N3O5. The molecule has 2 fully saturated rings. The van der Waals surface area contributed by atoms with Gasteiger partial charge in [0, 0.05) is 11.6 Å². The van der Waals surface area contributed by atoms with Gasteiger partial charge >= 0.3 is 18.2 Å². The predicted molar refractivity (Wildman–Crippen MR) is 111 cm³/mol. The number of carbonyl (C=O) groups is 4. The van der Waals surface area contributed by atoms with E-state index in [0.717, 1.165) is 30.2 Å². The van der Waals surface area contributed by atoms with Gasteiger partial charge in [0.15, 0.2) is 6.10 Å². The number of nitrogens with zero attached hydrogens (tertiary/aromatic N) is 1. The Kier molecular flexibility index (Phi) is 7.20. The van der Waals surface area contributed by atoms with Crippen LogP contribution in [0.1, 0.15) is 51.0 Å². The average Bonchev–Trinajstić information content (AvgIpc) is 2.96. The van der Waals surface area contributed by atoms with Crippen molar-refractivity contribution in [3.8, 4) is 0 Å². The fourth-order valence-electron chi connectivity index (χ4n) is 3.98. The van der Waals surface area contributed by atoms with Gasteiger partial charge in [-0.2, -0.15) is 13.2 Å². The van der Waals surface area contributed by atoms with Crippen LogP contribution in [0.4, 0.5) is 23.7 Å². The molecule has 1 aliphatic heterocycles. The molecule has 1 aromatic rings. The number of esters is 1. The monoisotopic (exact) mass is 489 g/mol. The Balaban J connectivity index is 1.54. The number of carbonyl (C=O) groups excluding carboxylic acids is 4. The summed E-state index contributed by atoms with van der Waals surface area (Å²) in [5.74, 6) is -2.24. The van der Waals surface area contributed by atoms with Gasteiger partial charge in [-0.25, -0.2) is 4.79 Å². The second-order valence-corrected chi connectivity index (χ2v) is 8.53. The smallest absolute Gasteiger partial charge is 0.418 e. The van der Waals surface area contributed by atoms with Gasteiger partial charge in [0.05, 0.1) is 17.7 Å². The molecular weight excluding hydrogens is 467 g/mol. The van der Waals surface area contributed by atoms with Crippen molar-refractivity contribution in [3.63, 3.8) is 0 Å². The fraction of sp³-hybridized carbons (Fsp3) is 0.524. The highest BCUT2D eigenvalue weighted by Crippen LogP contribution is 2.37. The first-order chi connectivity index (χ1) is 15.4. The Morgan fingerprint density at radius 2 is 1.91 bits per heavy atom. The van der Waals surface area contributed by atoms with Gasteiger partial charge < -0.3 is 15.4 Å².